The Kier molecular flexibility index (Phi) is 3.19. The number of carbonyl (C=O) groups is 1. The Bertz CT molecular complexity index is 464. The number of rotatable bonds is 4. The second kappa shape index (κ2) is 4.39. The SMILES string of the molecule is NCC1(C(=O)Cc2cccc(C(F)(F)F)c2)CC1. The molecule has 2 N–H and O–H groups in total. The number of ketones is 1. The number of nitrogens with two attached hydrogens (primary N) is 1. The minimum atomic E-state index is -4.37. The van der Waals surface area contributed by atoms with Gasteiger partial charge in [0.2, 0.25) is 0 Å². The summed E-state index contributed by atoms with van der Waals surface area (Å²) in [5.41, 5.74) is 4.74. The Morgan fingerprint density at radius 1 is 1.33 bits per heavy atom. The van der Waals surface area contributed by atoms with Crippen molar-refractivity contribution in [2.45, 2.75) is 25.4 Å². The van der Waals surface area contributed by atoms with Crippen LogP contribution in [0.3, 0.4) is 0 Å². The van der Waals surface area contributed by atoms with E-state index in [0.29, 0.717) is 5.56 Å². The molecule has 18 heavy (non-hydrogen) atoms. The molecule has 1 aromatic carbocycles. The van der Waals surface area contributed by atoms with Gasteiger partial charge in [-0.2, -0.15) is 13.2 Å². The fourth-order valence-corrected chi connectivity index (χ4v) is 1.98. The molecule has 98 valence electrons. The molecule has 2 nitrogen and oxygen atoms in total. The molecule has 0 aromatic heterocycles. The quantitative estimate of drug-likeness (QED) is 0.900. The first-order valence-corrected chi connectivity index (χ1v) is 5.77. The van der Waals surface area contributed by atoms with Crippen molar-refractivity contribution in [3.05, 3.63) is 35.4 Å². The molecule has 0 radical (unpaired) electrons. The first kappa shape index (κ1) is 13.1. The Balaban J connectivity index is 2.13. The number of Topliss-reactive ketones (excluding diaryl/α,β-unsaturated/α-hetero) is 1. The van der Waals surface area contributed by atoms with E-state index in [1.165, 1.54) is 6.07 Å². The third-order valence-corrected chi connectivity index (χ3v) is 3.45. The van der Waals surface area contributed by atoms with Crippen molar-refractivity contribution in [2.75, 3.05) is 6.54 Å². The second-order valence-corrected chi connectivity index (χ2v) is 4.78. The fraction of sp³-hybridized carbons (Fsp3) is 0.462. The first-order chi connectivity index (χ1) is 8.37. The minimum Gasteiger partial charge on any atom is -0.329 e. The van der Waals surface area contributed by atoms with Crippen LogP contribution in [0.5, 0.6) is 0 Å². The first-order valence-electron chi connectivity index (χ1n) is 5.77. The molecule has 1 saturated carbocycles. The van der Waals surface area contributed by atoms with Crippen molar-refractivity contribution in [1.29, 1.82) is 0 Å². The number of alkyl halides is 3. The van der Waals surface area contributed by atoms with Gasteiger partial charge in [0.05, 0.1) is 5.56 Å². The molecule has 0 atom stereocenters. The molecule has 0 bridgehead atoms. The smallest absolute Gasteiger partial charge is 0.329 e. The van der Waals surface area contributed by atoms with E-state index < -0.39 is 17.2 Å². The van der Waals surface area contributed by atoms with Crippen molar-refractivity contribution in [3.8, 4) is 0 Å². The number of carbonyl (C=O) groups excluding carboxylic acids is 1. The van der Waals surface area contributed by atoms with Gasteiger partial charge in [-0.05, 0) is 24.5 Å². The molecule has 0 heterocycles. The predicted octanol–water partition coefficient (Wildman–Crippen LogP) is 2.56. The van der Waals surface area contributed by atoms with Crippen molar-refractivity contribution in [1.82, 2.24) is 0 Å². The number of benzene rings is 1. The van der Waals surface area contributed by atoms with Gasteiger partial charge in [-0.15, -0.1) is 0 Å². The Hall–Kier alpha value is -1.36. The summed E-state index contributed by atoms with van der Waals surface area (Å²) >= 11 is 0. The molecule has 1 aromatic rings. The normalized spacial score (nSPS) is 17.6. The number of hydrogen-bond acceptors (Lipinski definition) is 2. The topological polar surface area (TPSA) is 43.1 Å². The molecule has 0 amide bonds. The summed E-state index contributed by atoms with van der Waals surface area (Å²) < 4.78 is 37.5. The summed E-state index contributed by atoms with van der Waals surface area (Å²) in [6, 6.07) is 4.90. The van der Waals surface area contributed by atoms with Crippen molar-refractivity contribution >= 4 is 5.78 Å². The van der Waals surface area contributed by atoms with E-state index in [2.05, 4.69) is 0 Å². The third kappa shape index (κ3) is 2.56. The van der Waals surface area contributed by atoms with Gasteiger partial charge in [-0.3, -0.25) is 4.79 Å². The monoisotopic (exact) mass is 257 g/mol. The molecule has 2 rings (SSSR count). The van der Waals surface area contributed by atoms with Crippen LogP contribution in [0.2, 0.25) is 0 Å². The van der Waals surface area contributed by atoms with Crippen LogP contribution in [0, 0.1) is 5.41 Å². The maximum absolute atomic E-state index is 12.5. The highest BCUT2D eigenvalue weighted by Gasteiger charge is 2.47. The van der Waals surface area contributed by atoms with Crippen LogP contribution in [0.4, 0.5) is 13.2 Å². The van der Waals surface area contributed by atoms with Gasteiger partial charge in [0.25, 0.3) is 0 Å². The van der Waals surface area contributed by atoms with Crippen LogP contribution < -0.4 is 5.73 Å². The molecular formula is C13H14F3NO. The highest BCUT2D eigenvalue weighted by atomic mass is 19.4. The van der Waals surface area contributed by atoms with E-state index >= 15 is 0 Å². The van der Waals surface area contributed by atoms with Gasteiger partial charge < -0.3 is 5.73 Å². The lowest BCUT2D eigenvalue weighted by Gasteiger charge is -2.12. The lowest BCUT2D eigenvalue weighted by molar-refractivity contribution is -0.137. The Labute approximate surface area is 103 Å². The molecule has 5 heteroatoms. The van der Waals surface area contributed by atoms with E-state index in [9.17, 15) is 18.0 Å². The van der Waals surface area contributed by atoms with Gasteiger partial charge in [0.15, 0.2) is 0 Å². The van der Waals surface area contributed by atoms with Crippen molar-refractivity contribution in [3.63, 3.8) is 0 Å². The zero-order valence-electron chi connectivity index (χ0n) is 9.76. The summed E-state index contributed by atoms with van der Waals surface area (Å²) in [4.78, 5) is 11.9. The van der Waals surface area contributed by atoms with Crippen LogP contribution in [-0.2, 0) is 17.4 Å². The average Bonchev–Trinajstić information content (AvgIpc) is 3.09. The predicted molar refractivity (Wildman–Crippen MR) is 60.9 cm³/mol. The summed E-state index contributed by atoms with van der Waals surface area (Å²) in [5.74, 6) is -0.0516. The zero-order chi connectivity index (χ0) is 13.4. The highest BCUT2D eigenvalue weighted by Crippen LogP contribution is 2.46. The molecular weight excluding hydrogens is 243 g/mol. The van der Waals surface area contributed by atoms with E-state index in [0.717, 1.165) is 25.0 Å². The van der Waals surface area contributed by atoms with Gasteiger partial charge in [0, 0.05) is 18.4 Å². The number of halogens is 3. The van der Waals surface area contributed by atoms with Crippen molar-refractivity contribution < 1.29 is 18.0 Å². The molecule has 1 aliphatic carbocycles. The fourth-order valence-electron chi connectivity index (χ4n) is 1.98. The maximum atomic E-state index is 12.5. The number of hydrogen-bond donors (Lipinski definition) is 1. The Morgan fingerprint density at radius 3 is 2.50 bits per heavy atom. The van der Waals surface area contributed by atoms with Crippen LogP contribution in [0.1, 0.15) is 24.0 Å². The largest absolute Gasteiger partial charge is 0.416 e. The molecule has 0 spiro atoms. The Morgan fingerprint density at radius 2 is 2.00 bits per heavy atom. The van der Waals surface area contributed by atoms with E-state index in [4.69, 9.17) is 5.73 Å². The minimum absolute atomic E-state index is 0.0289. The summed E-state index contributed by atoms with van der Waals surface area (Å²) in [5, 5.41) is 0. The zero-order valence-corrected chi connectivity index (χ0v) is 9.76. The van der Waals surface area contributed by atoms with E-state index in [-0.39, 0.29) is 18.7 Å². The van der Waals surface area contributed by atoms with Crippen LogP contribution in [-0.4, -0.2) is 12.3 Å². The molecule has 1 aliphatic rings. The van der Waals surface area contributed by atoms with Gasteiger partial charge in [-0.25, -0.2) is 0 Å². The van der Waals surface area contributed by atoms with E-state index in [1.807, 2.05) is 0 Å². The highest BCUT2D eigenvalue weighted by molar-refractivity contribution is 5.89. The third-order valence-electron chi connectivity index (χ3n) is 3.45. The van der Waals surface area contributed by atoms with Gasteiger partial charge in [-0.1, -0.05) is 18.2 Å². The standard InChI is InChI=1S/C13H14F3NO/c14-13(15,16)10-3-1-2-9(6-10)7-11(18)12(8-17)4-5-12/h1-3,6H,4-5,7-8,17H2. The van der Waals surface area contributed by atoms with E-state index in [1.54, 1.807) is 6.07 Å². The maximum Gasteiger partial charge on any atom is 0.416 e. The van der Waals surface area contributed by atoms with Crippen LogP contribution in [0.15, 0.2) is 24.3 Å². The molecule has 1 fully saturated rings. The van der Waals surface area contributed by atoms with Crippen LogP contribution >= 0.6 is 0 Å². The molecule has 0 unspecified atom stereocenters. The van der Waals surface area contributed by atoms with Gasteiger partial charge >= 0.3 is 6.18 Å². The van der Waals surface area contributed by atoms with Gasteiger partial charge in [0.1, 0.15) is 5.78 Å². The summed E-state index contributed by atoms with van der Waals surface area (Å²) in [6.07, 6.45) is -2.84. The van der Waals surface area contributed by atoms with Crippen LogP contribution in [0.25, 0.3) is 0 Å². The lowest BCUT2D eigenvalue weighted by atomic mass is 9.94. The lowest BCUT2D eigenvalue weighted by Crippen LogP contribution is -2.26. The summed E-state index contributed by atoms with van der Waals surface area (Å²) in [6.45, 7) is 0.283. The second-order valence-electron chi connectivity index (χ2n) is 4.78. The van der Waals surface area contributed by atoms with Crippen molar-refractivity contribution in [2.24, 2.45) is 11.1 Å². The molecule has 0 aliphatic heterocycles. The average molecular weight is 257 g/mol. The molecule has 0 saturated heterocycles. The summed E-state index contributed by atoms with van der Waals surface area (Å²) in [7, 11) is 0.